The Kier molecular flexibility index (Phi) is 9.45. The molecule has 76 heavy (non-hydrogen) atoms. The van der Waals surface area contributed by atoms with Gasteiger partial charge in [-0.15, -0.1) is 11.3 Å². The van der Waals surface area contributed by atoms with Gasteiger partial charge >= 0.3 is 0 Å². The molecule has 2 aliphatic carbocycles. The molecule has 0 bridgehead atoms. The van der Waals surface area contributed by atoms with E-state index < -0.39 is 5.41 Å². The molecule has 0 N–H and O–H groups in total. The molecule has 0 amide bonds. The van der Waals surface area contributed by atoms with Crippen LogP contribution in [0.2, 0.25) is 0 Å². The minimum atomic E-state index is -0.693. The van der Waals surface area contributed by atoms with E-state index in [-0.39, 0.29) is 0 Å². The maximum absolute atomic E-state index is 2.56. The van der Waals surface area contributed by atoms with Crippen LogP contribution in [0.5, 0.6) is 0 Å². The Morgan fingerprint density at radius 2 is 0.868 bits per heavy atom. The van der Waals surface area contributed by atoms with Gasteiger partial charge in [0.1, 0.15) is 0 Å². The van der Waals surface area contributed by atoms with Gasteiger partial charge in [0, 0.05) is 53.9 Å². The summed E-state index contributed by atoms with van der Waals surface area (Å²) in [5.41, 5.74) is 25.8. The monoisotopic (exact) mass is 982 g/mol. The standard InChI is InChI=1S/C73H46N2S/c1-3-20-47(21-4-1)48-38-40-50(41-39-48)74(68-36-19-32-60-55-27-10-9-26-54(55)58-29-13-17-35-67(58)75(71(60)68)49-22-5-2-6-23-49)51-42-43-57-53-25-8-7-24-52(53)56-28-11-15-33-63(56)73(66(57)46-51)64-34-16-12-31-62(64)70-65(73)45-44-61-59-30-14-18-37-69(59)76-72(61)70/h1-46H. The first-order valence-corrected chi connectivity index (χ1v) is 27.1. The zero-order valence-electron chi connectivity index (χ0n) is 41.4. The number of hydrogen-bond acceptors (Lipinski definition) is 3. The summed E-state index contributed by atoms with van der Waals surface area (Å²) in [6, 6.07) is 104. The number of anilines is 6. The zero-order valence-corrected chi connectivity index (χ0v) is 42.2. The molecule has 0 radical (unpaired) electrons. The van der Waals surface area contributed by atoms with Gasteiger partial charge in [-0.05, 0) is 127 Å². The van der Waals surface area contributed by atoms with Crippen LogP contribution < -0.4 is 9.80 Å². The smallest absolute Gasteiger partial charge is 0.0781 e. The summed E-state index contributed by atoms with van der Waals surface area (Å²) in [4.78, 5) is 5.04. The molecule has 0 fully saturated rings. The molecular formula is C73H46N2S. The van der Waals surface area contributed by atoms with Crippen molar-refractivity contribution in [3.63, 3.8) is 0 Å². The fourth-order valence-corrected chi connectivity index (χ4v) is 14.6. The lowest BCUT2D eigenvalue weighted by Gasteiger charge is -2.37. The van der Waals surface area contributed by atoms with Crippen molar-refractivity contribution in [2.75, 3.05) is 9.80 Å². The topological polar surface area (TPSA) is 6.48 Å². The highest BCUT2D eigenvalue weighted by Gasteiger charge is 2.51. The summed E-state index contributed by atoms with van der Waals surface area (Å²) in [7, 11) is 0. The van der Waals surface area contributed by atoms with Gasteiger partial charge in [-0.25, -0.2) is 0 Å². The molecule has 2 nitrogen and oxygen atoms in total. The lowest BCUT2D eigenvalue weighted by Crippen LogP contribution is -2.29. The van der Waals surface area contributed by atoms with Crippen LogP contribution in [0.25, 0.3) is 86.9 Å². The fraction of sp³-hybridized carbons (Fsp3) is 0.0137. The van der Waals surface area contributed by atoms with Crippen LogP contribution in [0.15, 0.2) is 279 Å². The van der Waals surface area contributed by atoms with Gasteiger partial charge in [-0.1, -0.05) is 224 Å². The molecule has 354 valence electrons. The highest BCUT2D eigenvalue weighted by atomic mass is 32.1. The number of hydrogen-bond donors (Lipinski definition) is 0. The maximum atomic E-state index is 2.56. The largest absolute Gasteiger partial charge is 0.308 e. The number of para-hydroxylation sites is 3. The van der Waals surface area contributed by atoms with Crippen molar-refractivity contribution >= 4 is 65.6 Å². The summed E-state index contributed by atoms with van der Waals surface area (Å²) in [6.45, 7) is 0. The molecule has 1 aromatic heterocycles. The first kappa shape index (κ1) is 42.9. The molecule has 3 aliphatic rings. The fourth-order valence-electron chi connectivity index (χ4n) is 13.3. The summed E-state index contributed by atoms with van der Waals surface area (Å²) in [5, 5.41) is 2.62. The average molecular weight is 983 g/mol. The SMILES string of the molecule is c1ccc(-c2ccc(N(c3ccc4c(c3)C3(c5ccccc5-c5ccccc5-4)c4ccccc4-c4c3ccc3c4sc4ccccc43)c3cccc4c3N(c3ccccc3)c3ccccc3-c3ccccc3-4)cc2)cc1. The molecule has 3 heteroatoms. The van der Waals surface area contributed by atoms with Crippen LogP contribution in [-0.2, 0) is 5.41 Å². The predicted molar refractivity (Wildman–Crippen MR) is 320 cm³/mol. The van der Waals surface area contributed by atoms with Crippen LogP contribution in [0.3, 0.4) is 0 Å². The minimum Gasteiger partial charge on any atom is -0.308 e. The molecule has 2 heterocycles. The molecule has 1 unspecified atom stereocenters. The number of thiophene rings is 1. The van der Waals surface area contributed by atoms with Gasteiger partial charge in [-0.2, -0.15) is 0 Å². The van der Waals surface area contributed by atoms with Crippen molar-refractivity contribution in [1.29, 1.82) is 0 Å². The predicted octanol–water partition coefficient (Wildman–Crippen LogP) is 20.3. The highest BCUT2D eigenvalue weighted by Crippen LogP contribution is 2.64. The van der Waals surface area contributed by atoms with E-state index in [2.05, 4.69) is 289 Å². The summed E-state index contributed by atoms with van der Waals surface area (Å²) in [5.74, 6) is 0. The third-order valence-corrected chi connectivity index (χ3v) is 17.6. The van der Waals surface area contributed by atoms with Crippen molar-refractivity contribution in [2.45, 2.75) is 5.41 Å². The number of benzene rings is 12. The molecule has 0 saturated heterocycles. The molecular weight excluding hydrogens is 937 g/mol. The Hall–Kier alpha value is -9.54. The van der Waals surface area contributed by atoms with Crippen LogP contribution in [0.4, 0.5) is 34.1 Å². The van der Waals surface area contributed by atoms with Crippen molar-refractivity contribution in [3.8, 4) is 66.8 Å². The Morgan fingerprint density at radius 3 is 1.62 bits per heavy atom. The van der Waals surface area contributed by atoms with Gasteiger partial charge < -0.3 is 9.80 Å². The van der Waals surface area contributed by atoms with Crippen LogP contribution in [0.1, 0.15) is 22.3 Å². The van der Waals surface area contributed by atoms with Crippen LogP contribution in [-0.4, -0.2) is 0 Å². The van der Waals surface area contributed by atoms with Gasteiger partial charge in [0.05, 0.1) is 22.5 Å². The lowest BCUT2D eigenvalue weighted by atomic mass is 9.65. The third kappa shape index (κ3) is 6.09. The maximum Gasteiger partial charge on any atom is 0.0781 e. The molecule has 1 aliphatic heterocycles. The van der Waals surface area contributed by atoms with Crippen molar-refractivity contribution < 1.29 is 0 Å². The van der Waals surface area contributed by atoms with E-state index in [1.54, 1.807) is 0 Å². The molecule has 12 aromatic carbocycles. The van der Waals surface area contributed by atoms with Gasteiger partial charge in [0.15, 0.2) is 0 Å². The summed E-state index contributed by atoms with van der Waals surface area (Å²) < 4.78 is 2.65. The number of fused-ring (bicyclic) bond motifs is 21. The molecule has 1 spiro atoms. The molecule has 1 atom stereocenters. The first-order chi connectivity index (χ1) is 37.7. The van der Waals surface area contributed by atoms with Gasteiger partial charge in [-0.3, -0.25) is 0 Å². The second kappa shape index (κ2) is 16.7. The van der Waals surface area contributed by atoms with E-state index in [0.717, 1.165) is 34.1 Å². The quantitative estimate of drug-likeness (QED) is 0.170. The van der Waals surface area contributed by atoms with E-state index in [4.69, 9.17) is 0 Å². The second-order valence-corrected chi connectivity index (χ2v) is 21.3. The Labute approximate surface area is 446 Å². The average Bonchev–Trinajstić information content (AvgIpc) is 4.08. The van der Waals surface area contributed by atoms with Crippen molar-refractivity contribution in [3.05, 3.63) is 301 Å². The zero-order chi connectivity index (χ0) is 49.9. The number of rotatable bonds is 5. The van der Waals surface area contributed by atoms with Crippen LogP contribution >= 0.6 is 11.3 Å². The van der Waals surface area contributed by atoms with Crippen molar-refractivity contribution in [1.82, 2.24) is 0 Å². The lowest BCUT2D eigenvalue weighted by molar-refractivity contribution is 0.776. The first-order valence-electron chi connectivity index (χ1n) is 26.2. The Bertz CT molecular complexity index is 4480. The van der Waals surface area contributed by atoms with E-state index in [0.29, 0.717) is 0 Å². The molecule has 0 saturated carbocycles. The van der Waals surface area contributed by atoms with E-state index in [1.165, 1.54) is 109 Å². The normalized spacial score (nSPS) is 14.3. The van der Waals surface area contributed by atoms with Gasteiger partial charge in [0.2, 0.25) is 0 Å². The second-order valence-electron chi connectivity index (χ2n) is 20.2. The summed E-state index contributed by atoms with van der Waals surface area (Å²) in [6.07, 6.45) is 0. The van der Waals surface area contributed by atoms with Crippen molar-refractivity contribution in [2.24, 2.45) is 0 Å². The molecule has 16 rings (SSSR count). The Morgan fingerprint density at radius 1 is 0.329 bits per heavy atom. The highest BCUT2D eigenvalue weighted by molar-refractivity contribution is 7.26. The van der Waals surface area contributed by atoms with Gasteiger partial charge in [0.25, 0.3) is 0 Å². The number of nitrogens with zero attached hydrogens (tertiary/aromatic N) is 2. The minimum absolute atomic E-state index is 0.693. The third-order valence-electron chi connectivity index (χ3n) is 16.4. The van der Waals surface area contributed by atoms with E-state index in [9.17, 15) is 0 Å². The Balaban J connectivity index is 1.03. The summed E-state index contributed by atoms with van der Waals surface area (Å²) >= 11 is 1.93. The molecule has 13 aromatic rings. The van der Waals surface area contributed by atoms with E-state index >= 15 is 0 Å². The van der Waals surface area contributed by atoms with Crippen LogP contribution in [0, 0.1) is 0 Å². The van der Waals surface area contributed by atoms with E-state index in [1.807, 2.05) is 11.3 Å².